The topological polar surface area (TPSA) is 80.9 Å². The van der Waals surface area contributed by atoms with Crippen molar-refractivity contribution >= 4 is 11.6 Å². The van der Waals surface area contributed by atoms with Crippen LogP contribution in [0.3, 0.4) is 0 Å². The second-order valence-electron chi connectivity index (χ2n) is 8.71. The van der Waals surface area contributed by atoms with Gasteiger partial charge in [0.05, 0.1) is 17.4 Å². The van der Waals surface area contributed by atoms with Gasteiger partial charge in [-0.2, -0.15) is 0 Å². The van der Waals surface area contributed by atoms with Gasteiger partial charge in [-0.05, 0) is 66.5 Å². The second-order valence-corrected chi connectivity index (χ2v) is 8.71. The van der Waals surface area contributed by atoms with Crippen LogP contribution in [0.1, 0.15) is 48.7 Å². The van der Waals surface area contributed by atoms with E-state index in [4.69, 9.17) is 5.73 Å². The first-order valence-electron chi connectivity index (χ1n) is 10.9. The number of pyridine rings is 2. The van der Waals surface area contributed by atoms with Crippen molar-refractivity contribution in [3.05, 3.63) is 77.5 Å². The molecule has 33 heavy (non-hydrogen) atoms. The van der Waals surface area contributed by atoms with Gasteiger partial charge in [-0.25, -0.2) is 18.2 Å². The summed E-state index contributed by atoms with van der Waals surface area (Å²) >= 11 is 0. The van der Waals surface area contributed by atoms with Gasteiger partial charge in [0.15, 0.2) is 0 Å². The maximum absolute atomic E-state index is 14.4. The highest BCUT2D eigenvalue weighted by atomic mass is 19.1. The van der Waals surface area contributed by atoms with Crippen LogP contribution in [0.15, 0.2) is 48.8 Å². The molecule has 0 bridgehead atoms. The molecule has 0 aliphatic heterocycles. The molecule has 0 radical (unpaired) electrons. The maximum atomic E-state index is 14.4. The number of nitrogens with two attached hydrogens (primary N) is 1. The molecule has 3 aromatic rings. The highest BCUT2D eigenvalue weighted by molar-refractivity contribution is 6.03. The van der Waals surface area contributed by atoms with Gasteiger partial charge in [-0.15, -0.1) is 0 Å². The predicted molar refractivity (Wildman–Crippen MR) is 120 cm³/mol. The Kier molecular flexibility index (Phi) is 6.47. The van der Waals surface area contributed by atoms with Crippen LogP contribution >= 0.6 is 0 Å². The molecule has 0 spiro atoms. The Balaban J connectivity index is 1.63. The number of benzene rings is 1. The number of anilines is 1. The van der Waals surface area contributed by atoms with Crippen molar-refractivity contribution in [2.75, 3.05) is 5.32 Å². The maximum Gasteiger partial charge on any atom is 0.274 e. The first-order chi connectivity index (χ1) is 15.8. The number of carbonyl (C=O) groups is 1. The summed E-state index contributed by atoms with van der Waals surface area (Å²) in [6, 6.07) is 7.22. The van der Waals surface area contributed by atoms with E-state index in [1.165, 1.54) is 12.1 Å². The van der Waals surface area contributed by atoms with Crippen LogP contribution in [0.2, 0.25) is 0 Å². The summed E-state index contributed by atoms with van der Waals surface area (Å²) in [5, 5.41) is 2.78. The van der Waals surface area contributed by atoms with Crippen LogP contribution < -0.4 is 11.1 Å². The summed E-state index contributed by atoms with van der Waals surface area (Å²) in [7, 11) is 0. The third-order valence-corrected chi connectivity index (χ3v) is 6.61. The summed E-state index contributed by atoms with van der Waals surface area (Å²) in [5.41, 5.74) is 6.40. The molecule has 0 saturated heterocycles. The molecular weight excluding hydrogens is 429 g/mol. The smallest absolute Gasteiger partial charge is 0.274 e. The quantitative estimate of drug-likeness (QED) is 0.561. The average molecular weight is 454 g/mol. The van der Waals surface area contributed by atoms with E-state index < -0.39 is 34.6 Å². The zero-order valence-electron chi connectivity index (χ0n) is 18.4. The average Bonchev–Trinajstić information content (AvgIpc) is 2.78. The first kappa shape index (κ1) is 22.9. The number of aromatic nitrogens is 2. The molecule has 1 aliphatic rings. The minimum Gasteiger partial charge on any atom is -0.327 e. The van der Waals surface area contributed by atoms with Crippen LogP contribution in [0.25, 0.3) is 11.3 Å². The van der Waals surface area contributed by atoms with Gasteiger partial charge in [-0.1, -0.05) is 19.9 Å². The van der Waals surface area contributed by atoms with Gasteiger partial charge < -0.3 is 11.1 Å². The van der Waals surface area contributed by atoms with E-state index in [-0.39, 0.29) is 17.7 Å². The van der Waals surface area contributed by atoms with E-state index in [0.29, 0.717) is 17.5 Å². The van der Waals surface area contributed by atoms with E-state index in [2.05, 4.69) is 29.1 Å². The highest BCUT2D eigenvalue weighted by Crippen LogP contribution is 2.41. The summed E-state index contributed by atoms with van der Waals surface area (Å²) < 4.78 is 42.7. The van der Waals surface area contributed by atoms with Crippen molar-refractivity contribution in [3.8, 4) is 11.3 Å². The van der Waals surface area contributed by atoms with Gasteiger partial charge >= 0.3 is 0 Å². The Bertz CT molecular complexity index is 1150. The van der Waals surface area contributed by atoms with Gasteiger partial charge in [0.2, 0.25) is 0 Å². The van der Waals surface area contributed by atoms with Gasteiger partial charge in [-0.3, -0.25) is 9.78 Å². The third kappa shape index (κ3) is 4.61. The SMILES string of the molecule is C[C@@H]1[C@H](N)C[C@H](c2ccncc2NC(=O)c2ccc(F)c(-c3c(F)cccc3F)n2)C[C@@H]1C. The fourth-order valence-corrected chi connectivity index (χ4v) is 4.50. The Morgan fingerprint density at radius 2 is 1.76 bits per heavy atom. The van der Waals surface area contributed by atoms with Gasteiger partial charge in [0.1, 0.15) is 28.8 Å². The van der Waals surface area contributed by atoms with Crippen molar-refractivity contribution in [1.29, 1.82) is 0 Å². The van der Waals surface area contributed by atoms with E-state index in [9.17, 15) is 18.0 Å². The fourth-order valence-electron chi connectivity index (χ4n) is 4.50. The molecule has 3 N–H and O–H groups in total. The molecule has 5 nitrogen and oxygen atoms in total. The first-order valence-corrected chi connectivity index (χ1v) is 10.9. The van der Waals surface area contributed by atoms with Crippen molar-refractivity contribution in [2.24, 2.45) is 17.6 Å². The van der Waals surface area contributed by atoms with Crippen LogP contribution in [-0.4, -0.2) is 21.9 Å². The monoisotopic (exact) mass is 454 g/mol. The zero-order valence-corrected chi connectivity index (χ0v) is 18.4. The Hall–Kier alpha value is -3.26. The van der Waals surface area contributed by atoms with Gasteiger partial charge in [0, 0.05) is 12.2 Å². The molecular formula is C25H25F3N4O. The molecule has 4 atom stereocenters. The third-order valence-electron chi connectivity index (χ3n) is 6.61. The molecule has 1 aromatic carbocycles. The Morgan fingerprint density at radius 3 is 2.45 bits per heavy atom. The largest absolute Gasteiger partial charge is 0.327 e. The number of hydrogen-bond acceptors (Lipinski definition) is 4. The fraction of sp³-hybridized carbons (Fsp3) is 0.320. The lowest BCUT2D eigenvalue weighted by atomic mass is 9.71. The van der Waals surface area contributed by atoms with Gasteiger partial charge in [0.25, 0.3) is 5.91 Å². The van der Waals surface area contributed by atoms with Crippen LogP contribution in [0.5, 0.6) is 0 Å². The minimum absolute atomic E-state index is 0.0486. The minimum atomic E-state index is -0.967. The van der Waals surface area contributed by atoms with Crippen molar-refractivity contribution < 1.29 is 18.0 Å². The molecule has 172 valence electrons. The van der Waals surface area contributed by atoms with E-state index in [1.807, 2.05) is 6.07 Å². The number of hydrogen-bond donors (Lipinski definition) is 2. The number of amides is 1. The highest BCUT2D eigenvalue weighted by Gasteiger charge is 2.32. The summed E-state index contributed by atoms with van der Waals surface area (Å²) in [6.07, 6.45) is 4.91. The Morgan fingerprint density at radius 1 is 1.03 bits per heavy atom. The molecule has 2 heterocycles. The lowest BCUT2D eigenvalue weighted by molar-refractivity contribution is 0.102. The van der Waals surface area contributed by atoms with Crippen molar-refractivity contribution in [2.45, 2.75) is 38.6 Å². The molecule has 1 aliphatic carbocycles. The molecule has 2 aromatic heterocycles. The van der Waals surface area contributed by atoms with E-state index >= 15 is 0 Å². The van der Waals surface area contributed by atoms with Crippen LogP contribution in [0.4, 0.5) is 18.9 Å². The number of carbonyl (C=O) groups excluding carboxylic acids is 1. The summed E-state index contributed by atoms with van der Waals surface area (Å²) in [6.45, 7) is 4.32. The van der Waals surface area contributed by atoms with E-state index in [1.54, 1.807) is 12.4 Å². The van der Waals surface area contributed by atoms with Crippen LogP contribution in [0, 0.1) is 29.3 Å². The number of nitrogens with zero attached hydrogens (tertiary/aromatic N) is 2. The van der Waals surface area contributed by atoms with E-state index in [0.717, 1.165) is 36.6 Å². The number of nitrogens with one attached hydrogen (secondary N) is 1. The standard InChI is InChI=1S/C25H25F3N4O/c1-13-10-15(11-20(29)14(13)2)16-8-9-30-12-22(16)32-25(33)21-7-6-19(28)24(31-21)23-17(26)4-3-5-18(23)27/h3-9,12-15,20H,10-11,29H2,1-2H3,(H,32,33)/t13-,14-,15+,20+/m0/s1. The number of rotatable bonds is 4. The molecule has 1 fully saturated rings. The summed E-state index contributed by atoms with van der Waals surface area (Å²) in [5.74, 6) is -2.53. The molecule has 1 amide bonds. The lowest BCUT2D eigenvalue weighted by Gasteiger charge is -2.37. The van der Waals surface area contributed by atoms with Crippen molar-refractivity contribution in [3.63, 3.8) is 0 Å². The molecule has 4 rings (SSSR count). The predicted octanol–water partition coefficient (Wildman–Crippen LogP) is 5.29. The number of halogens is 3. The lowest BCUT2D eigenvalue weighted by Crippen LogP contribution is -2.39. The second kappa shape index (κ2) is 9.31. The van der Waals surface area contributed by atoms with Crippen molar-refractivity contribution in [1.82, 2.24) is 9.97 Å². The molecule has 1 saturated carbocycles. The zero-order chi connectivity index (χ0) is 23.7. The normalized spacial score (nSPS) is 22.7. The van der Waals surface area contributed by atoms with Crippen LogP contribution in [-0.2, 0) is 0 Å². The molecule has 8 heteroatoms. The summed E-state index contributed by atoms with van der Waals surface area (Å²) in [4.78, 5) is 21.0. The Labute approximate surface area is 190 Å². The molecule has 0 unspecified atom stereocenters.